The van der Waals surface area contributed by atoms with Crippen LogP contribution in [0.1, 0.15) is 0 Å². The van der Waals surface area contributed by atoms with Crippen LogP contribution in [-0.2, 0) is 65.8 Å². The van der Waals surface area contributed by atoms with E-state index in [9.17, 15) is 0 Å². The van der Waals surface area contributed by atoms with Crippen molar-refractivity contribution in [3.8, 4) is 12.3 Å². The van der Waals surface area contributed by atoms with E-state index in [1.165, 1.54) is 0 Å². The minimum Gasteiger partial charge on any atom is -0.0312 e. The maximum atomic E-state index is 7.64. The van der Waals surface area contributed by atoms with Gasteiger partial charge in [0.1, 0.15) is 6.61 Å². The van der Waals surface area contributed by atoms with Gasteiger partial charge in [-0.15, -0.1) is 6.42 Å². The third-order valence-electron chi connectivity index (χ3n) is 0.647. The average Bonchev–Trinajstić information content (AvgIpc) is 3.25. The molecule has 0 unspecified atom stereocenters. The first-order valence-corrected chi connectivity index (χ1v) is 3.85. The summed E-state index contributed by atoms with van der Waals surface area (Å²) in [7, 11) is 0. The third kappa shape index (κ3) is 292. The first-order valence-electron chi connectivity index (χ1n) is 3.85. The van der Waals surface area contributed by atoms with Crippen molar-refractivity contribution in [2.45, 2.75) is 0 Å². The van der Waals surface area contributed by atoms with E-state index in [1.54, 1.807) is 0 Å². The van der Waals surface area contributed by atoms with Crippen LogP contribution in [0.4, 0.5) is 0 Å². The topological polar surface area (TPSA) is 140 Å². The monoisotopic (exact) mass is 446 g/mol. The van der Waals surface area contributed by atoms with Crippen LogP contribution < -0.4 is 0 Å². The summed E-state index contributed by atoms with van der Waals surface area (Å²) < 4.78 is 45.0. The minimum atomic E-state index is -0.153. The predicted octanol–water partition coefficient (Wildman–Crippen LogP) is 0.403. The van der Waals surface area contributed by atoms with Gasteiger partial charge < -0.3 is 5.11 Å². The van der Waals surface area contributed by atoms with E-state index in [2.05, 4.69) is 46.3 Å². The fourth-order valence-corrected chi connectivity index (χ4v) is 0.321. The van der Waals surface area contributed by atoms with Crippen LogP contribution >= 0.6 is 0 Å². The molecule has 0 bridgehead atoms. The summed E-state index contributed by atoms with van der Waals surface area (Å²) in [6.07, 6.45) is 14.5. The number of rotatable bonds is 0. The van der Waals surface area contributed by atoms with Crippen LogP contribution in [0, 0.1) is 84.4 Å². The van der Waals surface area contributed by atoms with Gasteiger partial charge in [0.2, 0.25) is 0 Å². The number of hydrogen-bond acceptors (Lipinski definition) is 1. The summed E-state index contributed by atoms with van der Waals surface area (Å²) in [5, 5.41) is 7.64. The van der Waals surface area contributed by atoms with Crippen LogP contribution in [0.5, 0.6) is 0 Å². The molecule has 1 N–H and O–H groups in total. The average molecular weight is 444 g/mol. The molecule has 0 spiro atoms. The quantitative estimate of drug-likeness (QED) is 0.246. The van der Waals surface area contributed by atoms with Crippen molar-refractivity contribution in [1.82, 2.24) is 0 Å². The Balaban J connectivity index is -0.0000000144. The molecule has 0 atom stereocenters. The zero-order chi connectivity index (χ0) is 18.9. The second kappa shape index (κ2) is 227. The second-order valence-electron chi connectivity index (χ2n) is 1.32. The fraction of sp³-hybridized carbons (Fsp3) is 0.0714. The molecule has 0 aromatic rings. The normalized spacial score (nSPS) is 6.61. The van der Waals surface area contributed by atoms with Gasteiger partial charge >= 0.3 is 67.8 Å². The molecule has 0 aliphatic heterocycles. The first-order chi connectivity index (χ1) is 10.4. The molecule has 1 aliphatic carbocycles. The van der Waals surface area contributed by atoms with Gasteiger partial charge in [-0.25, -0.2) is 0 Å². The number of aliphatic hydroxyl groups excluding tert-OH is 1. The number of aliphatic hydroxyl groups is 1. The van der Waals surface area contributed by atoms with Crippen LogP contribution in [0.2, 0.25) is 0 Å². The summed E-state index contributed by atoms with van der Waals surface area (Å²) >= 11 is 0. The van der Waals surface area contributed by atoms with Crippen LogP contribution in [-0.4, -0.2) is 11.7 Å². The van der Waals surface area contributed by atoms with Crippen molar-refractivity contribution in [3.63, 3.8) is 0 Å². The van der Waals surface area contributed by atoms with E-state index in [0.29, 0.717) is 0 Å². The molecular formula is C14H9CoMoO7. The maximum absolute atomic E-state index is 7.64. The molecule has 1 fully saturated rings. The molecule has 122 valence electrons. The summed E-state index contributed by atoms with van der Waals surface area (Å²) in [5.74, 6) is 1.99. The van der Waals surface area contributed by atoms with Crippen molar-refractivity contribution in [3.05, 3.63) is 72.0 Å². The molecule has 0 saturated heterocycles. The Hall–Kier alpha value is -0.845. The molecule has 1 rings (SSSR count). The minimum absolute atomic E-state index is 0. The number of terminal acetylenes is 1. The Bertz CT molecular complexity index is 229. The van der Waals surface area contributed by atoms with Gasteiger partial charge in [0.25, 0.3) is 0 Å². The number of hydrogen-bond donors (Lipinski definition) is 1. The van der Waals surface area contributed by atoms with E-state index in [4.69, 9.17) is 33.0 Å². The van der Waals surface area contributed by atoms with E-state index in [-0.39, 0.29) is 44.5 Å². The van der Waals surface area contributed by atoms with E-state index in [0.717, 1.165) is 0 Å². The Morgan fingerprint density at radius 3 is 0.783 bits per heavy atom. The molecule has 23 heavy (non-hydrogen) atoms. The Kier molecular flexibility index (Phi) is 565. The molecule has 0 amide bonds. The molecule has 6 radical (unpaired) electrons. The van der Waals surface area contributed by atoms with Crippen LogP contribution in [0.3, 0.4) is 0 Å². The van der Waals surface area contributed by atoms with E-state index >= 15 is 0 Å². The summed E-state index contributed by atoms with van der Waals surface area (Å²) in [6, 6.07) is 0. The molecule has 1 saturated carbocycles. The first kappa shape index (κ1) is 57.3. The SMILES string of the molecule is C#CCO.[C-]#[O+].[C-]#[O+].[C-]#[O+].[C-]#[O+].[C-]#[O+].[C-]#[O+].[CH]1[CH][CH][CH][CH]1.[Co].[Mo]. The Morgan fingerprint density at radius 1 is 0.652 bits per heavy atom. The van der Waals surface area contributed by atoms with Crippen molar-refractivity contribution >= 4 is 0 Å². The summed E-state index contributed by atoms with van der Waals surface area (Å²) in [5.41, 5.74) is 0. The van der Waals surface area contributed by atoms with Crippen molar-refractivity contribution < 1.29 is 70.9 Å². The molecule has 0 aromatic heterocycles. The zero-order valence-corrected chi connectivity index (χ0v) is 14.4. The molecule has 9 heteroatoms. The van der Waals surface area contributed by atoms with Crippen molar-refractivity contribution in [1.29, 1.82) is 0 Å². The molecule has 0 heterocycles. The molecular weight excluding hydrogens is 435 g/mol. The van der Waals surface area contributed by atoms with Crippen LogP contribution in [0.15, 0.2) is 0 Å². The van der Waals surface area contributed by atoms with Gasteiger partial charge in [-0.05, 0) is 32.1 Å². The summed E-state index contributed by atoms with van der Waals surface area (Å²) in [6.45, 7) is 26.8. The van der Waals surface area contributed by atoms with E-state index in [1.807, 2.05) is 38.0 Å². The smallest absolute Gasteiger partial charge is 0 e. The van der Waals surface area contributed by atoms with Crippen LogP contribution in [0.25, 0.3) is 0 Å². The van der Waals surface area contributed by atoms with Gasteiger partial charge in [-0.2, -0.15) is 0 Å². The standard InChI is InChI=1S/C5H5.C3H4O.6CO.Co.Mo/c1-2-4-5-3-1;1-2-3-4;6*1-2;;/h1-5H;1,4H,3H2;;;;;;;;. The zero-order valence-electron chi connectivity index (χ0n) is 11.3. The van der Waals surface area contributed by atoms with Gasteiger partial charge in [0.05, 0.1) is 0 Å². The van der Waals surface area contributed by atoms with E-state index < -0.39 is 0 Å². The summed E-state index contributed by atoms with van der Waals surface area (Å²) in [4.78, 5) is 0. The largest absolute Gasteiger partial charge is 0.0312 e. The van der Waals surface area contributed by atoms with Gasteiger partial charge in [-0.1, -0.05) is 5.92 Å². The van der Waals surface area contributed by atoms with Gasteiger partial charge in [0, 0.05) is 37.8 Å². The molecule has 0 aromatic carbocycles. The molecule has 7 nitrogen and oxygen atoms in total. The predicted molar refractivity (Wildman–Crippen MR) is 61.0 cm³/mol. The van der Waals surface area contributed by atoms with Gasteiger partial charge in [-0.3, -0.25) is 0 Å². The fourth-order valence-electron chi connectivity index (χ4n) is 0.321. The Labute approximate surface area is 161 Å². The third-order valence-corrected chi connectivity index (χ3v) is 0.647. The van der Waals surface area contributed by atoms with Crippen molar-refractivity contribution in [2.75, 3.05) is 6.61 Å². The van der Waals surface area contributed by atoms with Crippen molar-refractivity contribution in [2.24, 2.45) is 0 Å². The second-order valence-corrected chi connectivity index (χ2v) is 1.32. The van der Waals surface area contributed by atoms with Gasteiger partial charge in [0.15, 0.2) is 0 Å². The maximum Gasteiger partial charge on any atom is 0 e. The Morgan fingerprint density at radius 2 is 0.739 bits per heavy atom. The molecule has 1 aliphatic rings.